The minimum absolute atomic E-state index is 0.208. The number of urea groups is 1. The van der Waals surface area contributed by atoms with Gasteiger partial charge < -0.3 is 5.73 Å². The van der Waals surface area contributed by atoms with Gasteiger partial charge in [-0.3, -0.25) is 15.4 Å². The van der Waals surface area contributed by atoms with Crippen LogP contribution in [0.4, 0.5) is 4.79 Å². The van der Waals surface area contributed by atoms with E-state index in [0.29, 0.717) is 5.92 Å². The third-order valence-electron chi connectivity index (χ3n) is 4.74. The van der Waals surface area contributed by atoms with E-state index in [2.05, 4.69) is 48.7 Å². The van der Waals surface area contributed by atoms with Crippen LogP contribution in [-0.2, 0) is 4.79 Å². The topological polar surface area (TPSA) is 84.2 Å². The molecule has 3 rings (SSSR count). The van der Waals surface area contributed by atoms with Gasteiger partial charge in [0, 0.05) is 4.88 Å². The van der Waals surface area contributed by atoms with E-state index in [4.69, 9.17) is 5.73 Å². The van der Waals surface area contributed by atoms with Gasteiger partial charge in [-0.2, -0.15) is 0 Å². The number of carbonyl (C=O) groups excluding carboxylic acids is 2. The number of hydrogen-bond donors (Lipinski definition) is 3. The Morgan fingerprint density at radius 1 is 0.862 bits per heavy atom. The molecule has 2 atom stereocenters. The molecule has 0 aliphatic rings. The van der Waals surface area contributed by atoms with Crippen molar-refractivity contribution in [3.63, 3.8) is 0 Å². The van der Waals surface area contributed by atoms with Crippen LogP contribution in [0, 0.1) is 0 Å². The fraction of sp³-hybridized carbons (Fsp3) is 0.217. The summed E-state index contributed by atoms with van der Waals surface area (Å²) in [5.41, 5.74) is 8.25. The molecular formula is C23H25N3O2S. The summed E-state index contributed by atoms with van der Waals surface area (Å²) in [5, 5.41) is 7.65. The maximum Gasteiger partial charge on any atom is 0.318 e. The number of thiophene rings is 1. The van der Waals surface area contributed by atoms with Gasteiger partial charge in [0.25, 0.3) is 0 Å². The maximum atomic E-state index is 12.8. The summed E-state index contributed by atoms with van der Waals surface area (Å²) >= 11 is 1.61. The average Bonchev–Trinajstić information content (AvgIpc) is 3.23. The standard InChI is InChI=1S/C23H25N3O2S/c1-15(2)16-10-12-18(13-11-16)20(19-9-6-14-29-19)25-21(22(27)26-23(24)28)17-7-4-3-5-8-17/h3-15,20-21,25H,1-2H3,(H3,24,26,27,28)/t20-,21+/m1/s1. The van der Waals surface area contributed by atoms with E-state index in [1.807, 2.05) is 47.8 Å². The predicted molar refractivity (Wildman–Crippen MR) is 117 cm³/mol. The van der Waals surface area contributed by atoms with Gasteiger partial charge in [0.1, 0.15) is 6.04 Å². The summed E-state index contributed by atoms with van der Waals surface area (Å²) in [6.07, 6.45) is 0. The summed E-state index contributed by atoms with van der Waals surface area (Å²) < 4.78 is 0. The highest BCUT2D eigenvalue weighted by Gasteiger charge is 2.27. The number of amides is 3. The number of nitrogens with one attached hydrogen (secondary N) is 2. The van der Waals surface area contributed by atoms with E-state index < -0.39 is 18.0 Å². The largest absolute Gasteiger partial charge is 0.351 e. The van der Waals surface area contributed by atoms with Gasteiger partial charge in [0.15, 0.2) is 0 Å². The Kier molecular flexibility index (Phi) is 6.80. The van der Waals surface area contributed by atoms with Crippen molar-refractivity contribution in [3.8, 4) is 0 Å². The molecule has 1 aromatic heterocycles. The molecule has 0 saturated carbocycles. The lowest BCUT2D eigenvalue weighted by Crippen LogP contribution is -2.44. The summed E-state index contributed by atoms with van der Waals surface area (Å²) in [6, 6.07) is 19.9. The van der Waals surface area contributed by atoms with Crippen LogP contribution in [0.25, 0.3) is 0 Å². The molecule has 3 aromatic rings. The lowest BCUT2D eigenvalue weighted by atomic mass is 9.97. The molecule has 2 aromatic carbocycles. The summed E-state index contributed by atoms with van der Waals surface area (Å²) in [7, 11) is 0. The van der Waals surface area contributed by atoms with Crippen LogP contribution in [0.3, 0.4) is 0 Å². The van der Waals surface area contributed by atoms with Crippen LogP contribution in [0.5, 0.6) is 0 Å². The van der Waals surface area contributed by atoms with E-state index in [1.165, 1.54) is 5.56 Å². The van der Waals surface area contributed by atoms with Crippen LogP contribution in [0.2, 0.25) is 0 Å². The van der Waals surface area contributed by atoms with Crippen molar-refractivity contribution in [1.82, 2.24) is 10.6 Å². The Hall–Kier alpha value is -2.96. The highest BCUT2D eigenvalue weighted by atomic mass is 32.1. The number of primary amides is 1. The molecule has 0 spiro atoms. The number of nitrogens with two attached hydrogens (primary N) is 1. The SMILES string of the molecule is CC(C)c1ccc([C@@H](N[C@H](C(=O)NC(N)=O)c2ccccc2)c2cccs2)cc1. The van der Waals surface area contributed by atoms with Gasteiger partial charge in [-0.15, -0.1) is 11.3 Å². The monoisotopic (exact) mass is 407 g/mol. The highest BCUT2D eigenvalue weighted by molar-refractivity contribution is 7.10. The zero-order valence-electron chi connectivity index (χ0n) is 16.5. The molecule has 0 saturated heterocycles. The number of benzene rings is 2. The second-order valence-electron chi connectivity index (χ2n) is 7.13. The third kappa shape index (κ3) is 5.31. The zero-order chi connectivity index (χ0) is 20.8. The lowest BCUT2D eigenvalue weighted by molar-refractivity contribution is -0.122. The molecule has 1 heterocycles. The van der Waals surface area contributed by atoms with Gasteiger partial charge >= 0.3 is 6.03 Å². The Labute approximate surface area is 175 Å². The van der Waals surface area contributed by atoms with E-state index in [-0.39, 0.29) is 6.04 Å². The molecule has 4 N–H and O–H groups in total. The fourth-order valence-electron chi connectivity index (χ4n) is 3.20. The van der Waals surface area contributed by atoms with Gasteiger partial charge in [-0.05, 0) is 34.1 Å². The Bertz CT molecular complexity index is 938. The molecule has 150 valence electrons. The smallest absolute Gasteiger partial charge is 0.318 e. The van der Waals surface area contributed by atoms with Crippen molar-refractivity contribution in [3.05, 3.63) is 93.7 Å². The summed E-state index contributed by atoms with van der Waals surface area (Å²) in [5.74, 6) is -0.0420. The van der Waals surface area contributed by atoms with Crippen LogP contribution >= 0.6 is 11.3 Å². The first kappa shape index (κ1) is 20.8. The molecule has 6 heteroatoms. The van der Waals surface area contributed by atoms with Gasteiger partial charge in [0.05, 0.1) is 6.04 Å². The molecule has 3 amide bonds. The molecule has 0 unspecified atom stereocenters. The summed E-state index contributed by atoms with van der Waals surface area (Å²) in [4.78, 5) is 25.1. The molecule has 5 nitrogen and oxygen atoms in total. The van der Waals surface area contributed by atoms with Crippen LogP contribution in [0.15, 0.2) is 72.1 Å². The van der Waals surface area contributed by atoms with Crippen molar-refractivity contribution < 1.29 is 9.59 Å². The zero-order valence-corrected chi connectivity index (χ0v) is 17.3. The normalized spacial score (nSPS) is 13.1. The van der Waals surface area contributed by atoms with Crippen LogP contribution in [0.1, 0.15) is 53.4 Å². The second-order valence-corrected chi connectivity index (χ2v) is 8.11. The number of hydrogen-bond acceptors (Lipinski definition) is 4. The number of carbonyl (C=O) groups is 2. The van der Waals surface area contributed by atoms with E-state index in [9.17, 15) is 9.59 Å². The molecule has 0 aliphatic heterocycles. The van der Waals surface area contributed by atoms with E-state index in [0.717, 1.165) is 16.0 Å². The molecule has 0 fully saturated rings. The van der Waals surface area contributed by atoms with Gasteiger partial charge in [-0.25, -0.2) is 4.79 Å². The summed E-state index contributed by atoms with van der Waals surface area (Å²) in [6.45, 7) is 4.31. The van der Waals surface area contributed by atoms with E-state index >= 15 is 0 Å². The molecular weight excluding hydrogens is 382 g/mol. The van der Waals surface area contributed by atoms with Crippen LogP contribution < -0.4 is 16.4 Å². The van der Waals surface area contributed by atoms with Gasteiger partial charge in [0.2, 0.25) is 5.91 Å². The lowest BCUT2D eigenvalue weighted by Gasteiger charge is -2.25. The first-order chi connectivity index (χ1) is 14.0. The third-order valence-corrected chi connectivity index (χ3v) is 5.68. The van der Waals surface area contributed by atoms with Crippen molar-refractivity contribution in [2.45, 2.75) is 31.8 Å². The fourth-order valence-corrected chi connectivity index (χ4v) is 4.01. The molecule has 0 radical (unpaired) electrons. The second kappa shape index (κ2) is 9.49. The Morgan fingerprint density at radius 3 is 2.07 bits per heavy atom. The van der Waals surface area contributed by atoms with E-state index in [1.54, 1.807) is 11.3 Å². The number of rotatable bonds is 7. The highest BCUT2D eigenvalue weighted by Crippen LogP contribution is 2.30. The minimum atomic E-state index is -0.869. The Morgan fingerprint density at radius 2 is 1.52 bits per heavy atom. The first-order valence-electron chi connectivity index (χ1n) is 9.50. The first-order valence-corrected chi connectivity index (χ1v) is 10.4. The minimum Gasteiger partial charge on any atom is -0.351 e. The van der Waals surface area contributed by atoms with Crippen molar-refractivity contribution in [1.29, 1.82) is 0 Å². The van der Waals surface area contributed by atoms with Crippen molar-refractivity contribution in [2.24, 2.45) is 5.73 Å². The molecule has 29 heavy (non-hydrogen) atoms. The predicted octanol–water partition coefficient (Wildman–Crippen LogP) is 4.49. The quantitative estimate of drug-likeness (QED) is 0.540. The van der Waals surface area contributed by atoms with Crippen LogP contribution in [-0.4, -0.2) is 11.9 Å². The average molecular weight is 408 g/mol. The van der Waals surface area contributed by atoms with Crippen molar-refractivity contribution in [2.75, 3.05) is 0 Å². The van der Waals surface area contributed by atoms with Crippen molar-refractivity contribution >= 4 is 23.3 Å². The maximum absolute atomic E-state index is 12.8. The molecule has 0 aliphatic carbocycles. The Balaban J connectivity index is 1.97. The number of imide groups is 1. The molecule has 0 bridgehead atoms. The van der Waals surface area contributed by atoms with Gasteiger partial charge in [-0.1, -0.05) is 74.5 Å².